The number of nitrogens with zero attached hydrogens (tertiary/aromatic N) is 3. The van der Waals surface area contributed by atoms with Crippen LogP contribution >= 0.6 is 11.3 Å². The number of amides is 1. The van der Waals surface area contributed by atoms with Crippen LogP contribution in [0.1, 0.15) is 16.3 Å². The van der Waals surface area contributed by atoms with Crippen molar-refractivity contribution >= 4 is 23.3 Å². The van der Waals surface area contributed by atoms with Crippen molar-refractivity contribution in [1.29, 1.82) is 5.26 Å². The second-order valence-corrected chi connectivity index (χ2v) is 6.83. The molecule has 1 aliphatic heterocycles. The number of carbonyl (C=O) groups is 1. The first-order valence-corrected chi connectivity index (χ1v) is 9.14. The highest BCUT2D eigenvalue weighted by atomic mass is 32.1. The van der Waals surface area contributed by atoms with Crippen LogP contribution in [-0.4, -0.2) is 41.6 Å². The summed E-state index contributed by atoms with van der Waals surface area (Å²) in [5.74, 6) is 0.478. The van der Waals surface area contributed by atoms with Crippen LogP contribution in [0.4, 0.5) is 0 Å². The van der Waals surface area contributed by atoms with Crippen LogP contribution in [0.5, 0.6) is 5.75 Å². The lowest BCUT2D eigenvalue weighted by Gasteiger charge is -2.30. The van der Waals surface area contributed by atoms with Crippen molar-refractivity contribution in [2.75, 3.05) is 19.8 Å². The van der Waals surface area contributed by atoms with E-state index in [0.717, 1.165) is 16.3 Å². The van der Waals surface area contributed by atoms with Crippen molar-refractivity contribution in [2.24, 2.45) is 0 Å². The molecule has 3 rings (SSSR count). The molecule has 1 saturated heterocycles. The van der Waals surface area contributed by atoms with E-state index in [4.69, 9.17) is 14.7 Å². The fraction of sp³-hybridized carbons (Fsp3) is 0.316. The van der Waals surface area contributed by atoms with Crippen LogP contribution < -0.4 is 4.74 Å². The number of carbonyl (C=O) groups excluding carboxylic acids is 1. The van der Waals surface area contributed by atoms with Gasteiger partial charge in [0.05, 0.1) is 30.0 Å². The minimum absolute atomic E-state index is 0.204. The van der Waals surface area contributed by atoms with Crippen molar-refractivity contribution in [3.8, 4) is 11.8 Å². The van der Waals surface area contributed by atoms with Gasteiger partial charge in [-0.3, -0.25) is 4.79 Å². The predicted molar refractivity (Wildman–Crippen MR) is 98.6 cm³/mol. The molecular weight excluding hydrogens is 350 g/mol. The second-order valence-electron chi connectivity index (χ2n) is 5.77. The number of rotatable bonds is 5. The number of nitriles is 1. The maximum absolute atomic E-state index is 12.4. The van der Waals surface area contributed by atoms with Gasteiger partial charge in [0.2, 0.25) is 5.91 Å². The van der Waals surface area contributed by atoms with Crippen LogP contribution in [0.15, 0.2) is 35.7 Å². The molecule has 0 radical (unpaired) electrons. The zero-order chi connectivity index (χ0) is 18.4. The Morgan fingerprint density at radius 2 is 2.38 bits per heavy atom. The molecule has 7 heteroatoms. The van der Waals surface area contributed by atoms with Gasteiger partial charge in [-0.1, -0.05) is 18.2 Å². The second kappa shape index (κ2) is 8.61. The molecule has 2 aromatic rings. The molecule has 0 saturated carbocycles. The average molecular weight is 369 g/mol. The van der Waals surface area contributed by atoms with E-state index < -0.39 is 6.04 Å². The van der Waals surface area contributed by atoms with Crippen LogP contribution in [0.2, 0.25) is 0 Å². The summed E-state index contributed by atoms with van der Waals surface area (Å²) < 4.78 is 11.1. The van der Waals surface area contributed by atoms with Gasteiger partial charge in [-0.15, -0.1) is 11.3 Å². The molecule has 1 fully saturated rings. The SMILES string of the molecule is Cc1nc(COc2ccccc2/C=C/C(=O)N2CCOC[C@H]2C#N)cs1. The van der Waals surface area contributed by atoms with Gasteiger partial charge in [-0.05, 0) is 19.1 Å². The van der Waals surface area contributed by atoms with Crippen molar-refractivity contribution in [3.63, 3.8) is 0 Å². The van der Waals surface area contributed by atoms with Gasteiger partial charge in [0.1, 0.15) is 18.4 Å². The highest BCUT2D eigenvalue weighted by Crippen LogP contribution is 2.21. The Labute approximate surface area is 156 Å². The molecular formula is C19H19N3O3S. The standard InChI is InChI=1S/C19H19N3O3S/c1-14-21-16(13-26-14)11-25-18-5-3-2-4-15(18)6-7-19(23)22-8-9-24-12-17(22)10-20/h2-7,13,17H,8-9,11-12H2,1H3/b7-6+/t17-/m1/s1. The lowest BCUT2D eigenvalue weighted by atomic mass is 10.1. The predicted octanol–water partition coefficient (Wildman–Crippen LogP) is 2.79. The molecule has 0 bridgehead atoms. The van der Waals surface area contributed by atoms with E-state index in [1.54, 1.807) is 17.4 Å². The summed E-state index contributed by atoms with van der Waals surface area (Å²) in [5.41, 5.74) is 1.68. The fourth-order valence-electron chi connectivity index (χ4n) is 2.61. The summed E-state index contributed by atoms with van der Waals surface area (Å²) >= 11 is 1.58. The van der Waals surface area contributed by atoms with E-state index in [2.05, 4.69) is 11.1 Å². The van der Waals surface area contributed by atoms with E-state index in [9.17, 15) is 4.79 Å². The van der Waals surface area contributed by atoms with Crippen molar-refractivity contribution in [1.82, 2.24) is 9.88 Å². The topological polar surface area (TPSA) is 75.4 Å². The lowest BCUT2D eigenvalue weighted by Crippen LogP contribution is -2.47. The summed E-state index contributed by atoms with van der Waals surface area (Å²) in [6.07, 6.45) is 3.19. The molecule has 6 nitrogen and oxygen atoms in total. The number of thiazole rings is 1. The van der Waals surface area contributed by atoms with Crippen LogP contribution in [0.25, 0.3) is 6.08 Å². The molecule has 2 heterocycles. The Hall–Kier alpha value is -2.69. The number of para-hydroxylation sites is 1. The van der Waals surface area contributed by atoms with Crippen LogP contribution in [-0.2, 0) is 16.1 Å². The van der Waals surface area contributed by atoms with Crippen molar-refractivity contribution in [3.05, 3.63) is 52.0 Å². The number of hydrogen-bond acceptors (Lipinski definition) is 6. The van der Waals surface area contributed by atoms with Crippen LogP contribution in [0, 0.1) is 18.3 Å². The summed E-state index contributed by atoms with van der Waals surface area (Å²) in [5, 5.41) is 12.1. The monoisotopic (exact) mass is 369 g/mol. The Balaban J connectivity index is 1.68. The van der Waals surface area contributed by atoms with Gasteiger partial charge in [0.25, 0.3) is 0 Å². The van der Waals surface area contributed by atoms with E-state index in [-0.39, 0.29) is 12.5 Å². The van der Waals surface area contributed by atoms with Gasteiger partial charge >= 0.3 is 0 Å². The van der Waals surface area contributed by atoms with Crippen LogP contribution in [0.3, 0.4) is 0 Å². The Bertz CT molecular complexity index is 841. The molecule has 26 heavy (non-hydrogen) atoms. The van der Waals surface area contributed by atoms with Gasteiger partial charge in [-0.2, -0.15) is 5.26 Å². The normalized spacial score (nSPS) is 17.2. The smallest absolute Gasteiger partial charge is 0.247 e. The minimum Gasteiger partial charge on any atom is -0.487 e. The quantitative estimate of drug-likeness (QED) is 0.758. The number of morpholine rings is 1. The molecule has 1 amide bonds. The van der Waals surface area contributed by atoms with E-state index in [1.807, 2.05) is 36.6 Å². The molecule has 0 aliphatic carbocycles. The first kappa shape index (κ1) is 18.1. The highest BCUT2D eigenvalue weighted by molar-refractivity contribution is 7.09. The number of hydrogen-bond donors (Lipinski definition) is 0. The molecule has 0 unspecified atom stereocenters. The summed E-state index contributed by atoms with van der Waals surface area (Å²) in [4.78, 5) is 18.3. The fourth-order valence-corrected chi connectivity index (χ4v) is 3.20. The molecule has 1 aromatic carbocycles. The van der Waals surface area contributed by atoms with Crippen molar-refractivity contribution < 1.29 is 14.3 Å². The third kappa shape index (κ3) is 4.48. The maximum atomic E-state index is 12.4. The number of benzene rings is 1. The maximum Gasteiger partial charge on any atom is 0.247 e. The third-order valence-corrected chi connectivity index (χ3v) is 4.75. The summed E-state index contributed by atoms with van der Waals surface area (Å²) in [6.45, 7) is 3.45. The molecule has 1 aromatic heterocycles. The van der Waals surface area contributed by atoms with Gasteiger partial charge < -0.3 is 14.4 Å². The molecule has 134 valence electrons. The zero-order valence-electron chi connectivity index (χ0n) is 14.4. The average Bonchev–Trinajstić information content (AvgIpc) is 3.10. The van der Waals surface area contributed by atoms with Gasteiger partial charge in [0, 0.05) is 23.6 Å². The molecule has 0 N–H and O–H groups in total. The summed E-state index contributed by atoms with van der Waals surface area (Å²) in [6, 6.07) is 9.07. The van der Waals surface area contributed by atoms with E-state index in [0.29, 0.717) is 25.5 Å². The number of aromatic nitrogens is 1. The highest BCUT2D eigenvalue weighted by Gasteiger charge is 2.25. The third-order valence-electron chi connectivity index (χ3n) is 3.93. The van der Waals surface area contributed by atoms with E-state index in [1.165, 1.54) is 11.0 Å². The first-order chi connectivity index (χ1) is 12.7. The minimum atomic E-state index is -0.541. The molecule has 1 aliphatic rings. The molecule has 0 spiro atoms. The lowest BCUT2D eigenvalue weighted by molar-refractivity contribution is -0.132. The number of ether oxygens (including phenoxy) is 2. The Kier molecular flexibility index (Phi) is 6.00. The van der Waals surface area contributed by atoms with Gasteiger partial charge in [0.15, 0.2) is 0 Å². The summed E-state index contributed by atoms with van der Waals surface area (Å²) in [7, 11) is 0. The number of aryl methyl sites for hydroxylation is 1. The van der Waals surface area contributed by atoms with Gasteiger partial charge in [-0.25, -0.2) is 4.98 Å². The Morgan fingerprint density at radius 1 is 1.54 bits per heavy atom. The largest absolute Gasteiger partial charge is 0.487 e. The zero-order valence-corrected chi connectivity index (χ0v) is 15.2. The van der Waals surface area contributed by atoms with Crippen molar-refractivity contribution in [2.45, 2.75) is 19.6 Å². The Morgan fingerprint density at radius 3 is 3.15 bits per heavy atom. The first-order valence-electron chi connectivity index (χ1n) is 8.26. The molecule has 1 atom stereocenters. The van der Waals surface area contributed by atoms with E-state index >= 15 is 0 Å².